The molecule has 0 fully saturated rings. The van der Waals surface area contributed by atoms with Gasteiger partial charge in [0.25, 0.3) is 0 Å². The monoisotopic (exact) mass is 331 g/mol. The van der Waals surface area contributed by atoms with Crippen LogP contribution in [0.4, 0.5) is 0 Å². The van der Waals surface area contributed by atoms with E-state index in [9.17, 15) is 9.90 Å². The van der Waals surface area contributed by atoms with Crippen LogP contribution in [0.5, 0.6) is 0 Å². The number of hydrogen-bond donors (Lipinski definition) is 0. The molecule has 0 radical (unpaired) electrons. The Bertz CT molecular complexity index is 307. The normalized spacial score (nSPS) is 12.9. The van der Waals surface area contributed by atoms with E-state index < -0.39 is 12.0 Å². The Balaban J connectivity index is 0. The van der Waals surface area contributed by atoms with E-state index in [1.165, 1.54) is 25.7 Å². The van der Waals surface area contributed by atoms with Gasteiger partial charge in [0.05, 0.1) is 5.97 Å². The van der Waals surface area contributed by atoms with Crippen molar-refractivity contribution in [2.24, 2.45) is 0 Å². The summed E-state index contributed by atoms with van der Waals surface area (Å²) >= 11 is 0. The summed E-state index contributed by atoms with van der Waals surface area (Å²) in [4.78, 5) is 13.1. The summed E-state index contributed by atoms with van der Waals surface area (Å²) in [6, 6.07) is -0.520. The summed E-state index contributed by atoms with van der Waals surface area (Å²) in [5.41, 5.74) is 0. The average molecular weight is 331 g/mol. The number of nitrogens with zero attached hydrogens (tertiary/aromatic N) is 1. The molecular formula is C19H34NNaO2. The zero-order chi connectivity index (χ0) is 16.6. The quantitative estimate of drug-likeness (QED) is 0.267. The number of carboxylic acids is 1. The first-order chi connectivity index (χ1) is 10.6. The molecule has 0 aromatic heterocycles. The first kappa shape index (κ1) is 25.2. The van der Waals surface area contributed by atoms with Crippen LogP contribution in [0, 0.1) is 0 Å². The molecule has 0 saturated heterocycles. The third kappa shape index (κ3) is 15.2. The molecule has 0 bridgehead atoms. The predicted octanol–water partition coefficient (Wildman–Crippen LogP) is 0.704. The number of hydrogen-bond acceptors (Lipinski definition) is 3. The third-order valence-corrected chi connectivity index (χ3v) is 3.84. The van der Waals surface area contributed by atoms with Crippen LogP contribution in [0.3, 0.4) is 0 Å². The molecule has 0 rings (SSSR count). The summed E-state index contributed by atoms with van der Waals surface area (Å²) < 4.78 is 0. The molecule has 1 unspecified atom stereocenters. The largest absolute Gasteiger partial charge is 1.00 e. The van der Waals surface area contributed by atoms with Gasteiger partial charge in [0.2, 0.25) is 0 Å². The van der Waals surface area contributed by atoms with E-state index in [0.29, 0.717) is 0 Å². The second kappa shape index (κ2) is 18.3. The van der Waals surface area contributed by atoms with Crippen molar-refractivity contribution in [3.05, 3.63) is 24.3 Å². The van der Waals surface area contributed by atoms with Gasteiger partial charge in [-0.25, -0.2) is 0 Å². The SMILES string of the molecule is CCCC/C=C/CCN(CC/C=C/CCCC)C(C)C(=O)[O-].[Na+]. The van der Waals surface area contributed by atoms with Gasteiger partial charge in [0.1, 0.15) is 0 Å². The van der Waals surface area contributed by atoms with Crippen LogP contribution in [0.2, 0.25) is 0 Å². The molecule has 4 heteroatoms. The molecule has 0 aliphatic carbocycles. The Kier molecular flexibility index (Phi) is 20.0. The third-order valence-electron chi connectivity index (χ3n) is 3.84. The van der Waals surface area contributed by atoms with Crippen LogP contribution in [0.25, 0.3) is 0 Å². The molecule has 0 aliphatic rings. The molecule has 23 heavy (non-hydrogen) atoms. The fourth-order valence-corrected chi connectivity index (χ4v) is 2.24. The van der Waals surface area contributed by atoms with Crippen LogP contribution in [-0.2, 0) is 4.79 Å². The van der Waals surface area contributed by atoms with Gasteiger partial charge in [0.15, 0.2) is 0 Å². The summed E-state index contributed by atoms with van der Waals surface area (Å²) in [6.07, 6.45) is 17.7. The van der Waals surface area contributed by atoms with Gasteiger partial charge in [-0.2, -0.15) is 0 Å². The van der Waals surface area contributed by atoms with Crippen molar-refractivity contribution in [1.29, 1.82) is 0 Å². The summed E-state index contributed by atoms with van der Waals surface area (Å²) in [5.74, 6) is -0.982. The second-order valence-electron chi connectivity index (χ2n) is 5.84. The minimum atomic E-state index is -0.982. The van der Waals surface area contributed by atoms with Crippen LogP contribution in [0.15, 0.2) is 24.3 Å². The van der Waals surface area contributed by atoms with Crippen molar-refractivity contribution < 1.29 is 39.5 Å². The van der Waals surface area contributed by atoms with Crippen LogP contribution >= 0.6 is 0 Å². The van der Waals surface area contributed by atoms with Gasteiger partial charge < -0.3 is 9.90 Å². The topological polar surface area (TPSA) is 43.4 Å². The molecule has 0 N–H and O–H groups in total. The Morgan fingerprint density at radius 3 is 1.65 bits per heavy atom. The number of carbonyl (C=O) groups is 1. The smallest absolute Gasteiger partial charge is 0.548 e. The average Bonchev–Trinajstić information content (AvgIpc) is 2.51. The molecule has 3 nitrogen and oxygen atoms in total. The van der Waals surface area contributed by atoms with Crippen LogP contribution < -0.4 is 34.7 Å². The van der Waals surface area contributed by atoms with E-state index in [2.05, 4.69) is 38.2 Å². The minimum Gasteiger partial charge on any atom is -0.548 e. The second-order valence-corrected chi connectivity index (χ2v) is 5.84. The van der Waals surface area contributed by atoms with Crippen molar-refractivity contribution >= 4 is 5.97 Å². The number of carboxylic acid groups (broad SMARTS) is 1. The van der Waals surface area contributed by atoms with Crippen molar-refractivity contribution in [2.75, 3.05) is 13.1 Å². The van der Waals surface area contributed by atoms with Gasteiger partial charge in [-0.15, -0.1) is 0 Å². The number of carbonyl (C=O) groups excluding carboxylic acids is 1. The summed E-state index contributed by atoms with van der Waals surface area (Å²) in [6.45, 7) is 7.65. The molecule has 1 atom stereocenters. The van der Waals surface area contributed by atoms with Crippen molar-refractivity contribution in [2.45, 2.75) is 78.2 Å². The van der Waals surface area contributed by atoms with E-state index in [1.807, 2.05) is 4.90 Å². The maximum atomic E-state index is 11.1. The number of unbranched alkanes of at least 4 members (excludes halogenated alkanes) is 4. The molecule has 0 spiro atoms. The van der Waals surface area contributed by atoms with E-state index in [-0.39, 0.29) is 29.6 Å². The molecule has 0 saturated carbocycles. The van der Waals surface area contributed by atoms with E-state index in [0.717, 1.165) is 38.8 Å². The van der Waals surface area contributed by atoms with Crippen LogP contribution in [-0.4, -0.2) is 30.0 Å². The first-order valence-electron chi connectivity index (χ1n) is 8.88. The number of allylic oxidation sites excluding steroid dienone is 2. The van der Waals surface area contributed by atoms with Crippen molar-refractivity contribution in [3.63, 3.8) is 0 Å². The fourth-order valence-electron chi connectivity index (χ4n) is 2.24. The van der Waals surface area contributed by atoms with Gasteiger partial charge in [0, 0.05) is 19.1 Å². The summed E-state index contributed by atoms with van der Waals surface area (Å²) in [5, 5.41) is 11.1. The van der Waals surface area contributed by atoms with Gasteiger partial charge in [-0.3, -0.25) is 4.90 Å². The standard InChI is InChI=1S/C19H35NO2.Na/c1-4-6-8-10-12-14-16-20(18(3)19(21)22)17-15-13-11-9-7-5-2;/h10-13,18H,4-9,14-17H2,1-3H3,(H,21,22);/q;+1/p-1/b12-10+,13-11+;. The Labute approximate surface area is 165 Å². The Morgan fingerprint density at radius 1 is 0.913 bits per heavy atom. The zero-order valence-electron chi connectivity index (χ0n) is 15.7. The van der Waals surface area contributed by atoms with E-state index in [4.69, 9.17) is 0 Å². The van der Waals surface area contributed by atoms with Gasteiger partial charge in [-0.05, 0) is 32.6 Å². The fraction of sp³-hybridized carbons (Fsp3) is 0.737. The van der Waals surface area contributed by atoms with Crippen molar-refractivity contribution in [1.82, 2.24) is 4.90 Å². The minimum absolute atomic E-state index is 0. The predicted molar refractivity (Wildman–Crippen MR) is 92.6 cm³/mol. The molecule has 0 aromatic carbocycles. The molecule has 128 valence electrons. The molecule has 0 aromatic rings. The Hall–Kier alpha value is -0.0900. The van der Waals surface area contributed by atoms with Crippen molar-refractivity contribution in [3.8, 4) is 0 Å². The van der Waals surface area contributed by atoms with Crippen LogP contribution in [0.1, 0.15) is 72.1 Å². The Morgan fingerprint density at radius 2 is 1.30 bits per heavy atom. The zero-order valence-corrected chi connectivity index (χ0v) is 17.7. The molecule has 0 amide bonds. The molecule has 0 heterocycles. The number of rotatable bonds is 14. The maximum absolute atomic E-state index is 11.1. The van der Waals surface area contributed by atoms with Gasteiger partial charge in [-0.1, -0.05) is 63.8 Å². The number of aliphatic carboxylic acids is 1. The van der Waals surface area contributed by atoms with E-state index in [1.54, 1.807) is 6.92 Å². The first-order valence-corrected chi connectivity index (χ1v) is 8.88. The van der Waals surface area contributed by atoms with E-state index >= 15 is 0 Å². The maximum Gasteiger partial charge on any atom is 1.00 e. The molecule has 0 aliphatic heterocycles. The van der Waals surface area contributed by atoms with Gasteiger partial charge >= 0.3 is 29.6 Å². The summed E-state index contributed by atoms with van der Waals surface area (Å²) in [7, 11) is 0. The molecular weight excluding hydrogens is 297 g/mol.